The van der Waals surface area contributed by atoms with E-state index in [1.165, 1.54) is 11.8 Å². The molecule has 0 saturated carbocycles. The van der Waals surface area contributed by atoms with Crippen molar-refractivity contribution in [2.45, 2.75) is 6.92 Å². The number of aryl methyl sites for hydroxylation is 1. The largest absolute Gasteiger partial charge is 0.293 e. The molecule has 5 aromatic carbocycles. The molecular formula is C36H30BrNO2PS+. The van der Waals surface area contributed by atoms with Crippen LogP contribution >= 0.6 is 35.0 Å². The third-order valence-corrected chi connectivity index (χ3v) is 12.6. The van der Waals surface area contributed by atoms with E-state index in [4.69, 9.17) is 0 Å². The van der Waals surface area contributed by atoms with Crippen LogP contribution in [0.15, 0.2) is 155 Å². The lowest BCUT2D eigenvalue weighted by Crippen LogP contribution is -2.38. The Balaban J connectivity index is 1.66. The molecular weight excluding hydrogens is 621 g/mol. The van der Waals surface area contributed by atoms with Gasteiger partial charge in [0, 0.05) is 21.0 Å². The van der Waals surface area contributed by atoms with Gasteiger partial charge < -0.3 is 0 Å². The first kappa shape index (κ1) is 29.7. The van der Waals surface area contributed by atoms with Crippen LogP contribution in [-0.4, -0.2) is 17.4 Å². The molecule has 0 fully saturated rings. The summed E-state index contributed by atoms with van der Waals surface area (Å²) in [6, 6.07) is 46.1. The summed E-state index contributed by atoms with van der Waals surface area (Å²) in [5.74, 6) is 0.0773. The molecule has 0 heterocycles. The number of thioether (sulfide) groups is 1. The van der Waals surface area contributed by atoms with Crippen LogP contribution in [0.4, 0.5) is 0 Å². The molecule has 0 radical (unpaired) electrons. The number of hydrogen-bond donors (Lipinski definition) is 1. The van der Waals surface area contributed by atoms with Gasteiger partial charge in [-0.2, -0.15) is 0 Å². The molecule has 0 spiro atoms. The molecule has 1 N–H and O–H groups in total. The third-order valence-electron chi connectivity index (χ3n) is 6.92. The van der Waals surface area contributed by atoms with Crippen LogP contribution in [0.3, 0.4) is 0 Å². The van der Waals surface area contributed by atoms with Crippen LogP contribution in [0.2, 0.25) is 0 Å². The molecule has 208 valence electrons. The predicted octanol–water partition coefficient (Wildman–Crippen LogP) is 7.90. The van der Waals surface area contributed by atoms with E-state index in [0.717, 1.165) is 31.4 Å². The zero-order chi connectivity index (χ0) is 29.4. The van der Waals surface area contributed by atoms with Crippen molar-refractivity contribution in [3.8, 4) is 0 Å². The molecule has 0 aliphatic rings. The summed E-state index contributed by atoms with van der Waals surface area (Å²) in [6.07, 6.45) is 0. The second-order valence-electron chi connectivity index (χ2n) is 9.74. The summed E-state index contributed by atoms with van der Waals surface area (Å²) < 4.78 is 0.927. The molecule has 1 amide bonds. The van der Waals surface area contributed by atoms with Crippen LogP contribution in [-0.2, 0) is 0 Å². The van der Waals surface area contributed by atoms with Gasteiger partial charge in [-0.25, -0.2) is 0 Å². The molecule has 6 heteroatoms. The lowest BCUT2D eigenvalue weighted by molar-refractivity contribution is 0.0967. The summed E-state index contributed by atoms with van der Waals surface area (Å²) >= 11 is 4.85. The average molecular weight is 652 g/mol. The lowest BCUT2D eigenvalue weighted by Gasteiger charge is -2.29. The first-order valence-corrected chi connectivity index (χ1v) is 17.2. The van der Waals surface area contributed by atoms with Crippen LogP contribution in [0.5, 0.6) is 0 Å². The van der Waals surface area contributed by atoms with Gasteiger partial charge in [0.2, 0.25) is 0 Å². The third kappa shape index (κ3) is 6.65. The van der Waals surface area contributed by atoms with Gasteiger partial charge in [0.05, 0.1) is 5.75 Å². The Morgan fingerprint density at radius 1 is 0.667 bits per heavy atom. The van der Waals surface area contributed by atoms with Crippen molar-refractivity contribution in [1.82, 2.24) is 5.32 Å². The molecule has 0 aromatic heterocycles. The summed E-state index contributed by atoms with van der Waals surface area (Å²) in [6.45, 7) is 2.00. The number of Topliss-reactive ketones (excluding diaryl/α,β-unsaturated/α-hetero) is 1. The lowest BCUT2D eigenvalue weighted by atomic mass is 10.1. The maximum atomic E-state index is 13.8. The maximum Gasteiger partial charge on any atom is 0.258 e. The number of hydrogen-bond acceptors (Lipinski definition) is 3. The zero-order valence-corrected chi connectivity index (χ0v) is 26.4. The number of rotatable bonds is 10. The van der Waals surface area contributed by atoms with E-state index in [1.807, 2.05) is 115 Å². The van der Waals surface area contributed by atoms with Gasteiger partial charge in [0.25, 0.3) is 5.91 Å². The summed E-state index contributed by atoms with van der Waals surface area (Å²) in [7, 11) is -2.59. The van der Waals surface area contributed by atoms with Gasteiger partial charge in [0.15, 0.2) is 18.5 Å². The van der Waals surface area contributed by atoms with Gasteiger partial charge in [-0.05, 0) is 67.6 Å². The van der Waals surface area contributed by atoms with E-state index in [1.54, 1.807) is 0 Å². The smallest absolute Gasteiger partial charge is 0.258 e. The first-order chi connectivity index (χ1) is 20.5. The van der Waals surface area contributed by atoms with Crippen molar-refractivity contribution in [2.24, 2.45) is 0 Å². The Bertz CT molecular complexity index is 1580. The Morgan fingerprint density at radius 3 is 1.60 bits per heavy atom. The van der Waals surface area contributed by atoms with Crippen LogP contribution in [0.1, 0.15) is 26.3 Å². The van der Waals surface area contributed by atoms with Crippen molar-refractivity contribution >= 4 is 62.6 Å². The highest BCUT2D eigenvalue weighted by Crippen LogP contribution is 2.61. The number of benzene rings is 5. The second kappa shape index (κ2) is 13.9. The van der Waals surface area contributed by atoms with Gasteiger partial charge in [-0.3, -0.25) is 14.9 Å². The van der Waals surface area contributed by atoms with Crippen molar-refractivity contribution in [1.29, 1.82) is 0 Å². The van der Waals surface area contributed by atoms with Crippen LogP contribution in [0.25, 0.3) is 0 Å². The number of carbonyl (C=O) groups is 2. The van der Waals surface area contributed by atoms with Gasteiger partial charge >= 0.3 is 0 Å². The Labute approximate surface area is 260 Å². The highest BCUT2D eigenvalue weighted by atomic mass is 79.9. The van der Waals surface area contributed by atoms with Crippen LogP contribution < -0.4 is 21.2 Å². The monoisotopic (exact) mass is 650 g/mol. The zero-order valence-electron chi connectivity index (χ0n) is 23.1. The van der Waals surface area contributed by atoms with E-state index < -0.39 is 7.26 Å². The molecule has 3 nitrogen and oxygen atoms in total. The minimum Gasteiger partial charge on any atom is -0.293 e. The van der Waals surface area contributed by atoms with Crippen molar-refractivity contribution < 1.29 is 9.59 Å². The Morgan fingerprint density at radius 2 is 1.12 bits per heavy atom. The number of ketones is 1. The number of halogens is 1. The molecule has 5 rings (SSSR count). The number of carbonyl (C=O) groups excluding carboxylic acids is 2. The van der Waals surface area contributed by atoms with Crippen LogP contribution in [0, 0.1) is 6.92 Å². The SMILES string of the molecule is Cc1ccc(C(=O)N/C(=C\SCC(=O)c2ccc(Br)cc2)[P+](c2ccccc2)(c2ccccc2)c2ccccc2)cc1. The van der Waals surface area contributed by atoms with Gasteiger partial charge in [0.1, 0.15) is 15.9 Å². The fourth-order valence-electron chi connectivity index (χ4n) is 4.82. The molecule has 0 aliphatic carbocycles. The minimum absolute atomic E-state index is 0.0241. The molecule has 0 bridgehead atoms. The molecule has 0 atom stereocenters. The maximum absolute atomic E-state index is 13.8. The summed E-state index contributed by atoms with van der Waals surface area (Å²) in [5.41, 5.74) is 3.10. The Hall–Kier alpha value is -3.76. The normalized spacial score (nSPS) is 11.6. The van der Waals surface area contributed by atoms with Crippen molar-refractivity contribution in [3.05, 3.63) is 172 Å². The molecule has 5 aromatic rings. The first-order valence-electron chi connectivity index (χ1n) is 13.5. The number of amides is 1. The molecule has 0 saturated heterocycles. The van der Waals surface area contributed by atoms with E-state index in [0.29, 0.717) is 11.1 Å². The highest BCUT2D eigenvalue weighted by Gasteiger charge is 2.50. The quantitative estimate of drug-likeness (QED) is 0.123. The molecule has 42 heavy (non-hydrogen) atoms. The van der Waals surface area contributed by atoms with E-state index in [9.17, 15) is 9.59 Å². The predicted molar refractivity (Wildman–Crippen MR) is 183 cm³/mol. The van der Waals surface area contributed by atoms with Crippen molar-refractivity contribution in [2.75, 3.05) is 5.75 Å². The summed E-state index contributed by atoms with van der Waals surface area (Å²) in [4.78, 5) is 27.0. The molecule has 0 unspecified atom stereocenters. The van der Waals surface area contributed by atoms with E-state index >= 15 is 0 Å². The fourth-order valence-corrected chi connectivity index (χ4v) is 10.4. The van der Waals surface area contributed by atoms with E-state index in [2.05, 4.69) is 57.6 Å². The van der Waals surface area contributed by atoms with Crippen molar-refractivity contribution in [3.63, 3.8) is 0 Å². The summed E-state index contributed by atoms with van der Waals surface area (Å²) in [5, 5.41) is 8.66. The number of nitrogens with one attached hydrogen (secondary N) is 1. The minimum atomic E-state index is -2.59. The van der Waals surface area contributed by atoms with Gasteiger partial charge in [-0.1, -0.05) is 100 Å². The highest BCUT2D eigenvalue weighted by molar-refractivity contribution is 9.10. The standard InChI is InChI=1S/C36H29BrNO2PS/c1-27-17-19-29(20-18-27)36(40)38-35(26-42-25-34(39)28-21-23-30(37)24-22-28)41(31-11-5-2-6-12-31,32-13-7-3-8-14-32)33-15-9-4-10-16-33/h2-24,26H,25H2,1H3/p+1/b35-26+. The van der Waals surface area contributed by atoms with E-state index in [-0.39, 0.29) is 17.4 Å². The van der Waals surface area contributed by atoms with Gasteiger partial charge in [-0.15, -0.1) is 11.8 Å². The fraction of sp³-hybridized carbons (Fsp3) is 0.0556. The topological polar surface area (TPSA) is 46.2 Å². The second-order valence-corrected chi connectivity index (χ2v) is 14.9. The molecule has 0 aliphatic heterocycles. The Kier molecular flexibility index (Phi) is 9.86. The average Bonchev–Trinajstić information content (AvgIpc) is 3.03.